The number of ether oxygens (including phenoxy) is 1. The molecule has 0 spiro atoms. The summed E-state index contributed by atoms with van der Waals surface area (Å²) in [7, 11) is -2.33. The van der Waals surface area contributed by atoms with Gasteiger partial charge in [-0.2, -0.15) is 8.78 Å². The predicted molar refractivity (Wildman–Crippen MR) is 126 cm³/mol. The molecule has 0 fully saturated rings. The van der Waals surface area contributed by atoms with Crippen LogP contribution in [0.15, 0.2) is 30.3 Å². The van der Waals surface area contributed by atoms with Crippen LogP contribution in [0.2, 0.25) is 19.6 Å². The Bertz CT molecular complexity index is 1160. The molecule has 1 aliphatic heterocycles. The van der Waals surface area contributed by atoms with Gasteiger partial charge in [0.25, 0.3) is 0 Å². The molecule has 0 radical (unpaired) electrons. The fourth-order valence-corrected chi connectivity index (χ4v) is 6.07. The molecule has 11 heteroatoms. The fourth-order valence-electron chi connectivity index (χ4n) is 4.49. The molecule has 0 saturated carbocycles. The molecule has 1 N–H and O–H groups in total. The van der Waals surface area contributed by atoms with Crippen LogP contribution < -0.4 is 9.92 Å². The summed E-state index contributed by atoms with van der Waals surface area (Å²) in [5, 5.41) is 8.97. The second-order valence-corrected chi connectivity index (χ2v) is 14.7. The number of benzene rings is 2. The predicted octanol–water partition coefficient (Wildman–Crippen LogP) is 4.21. The highest BCUT2D eigenvalue weighted by atomic mass is 28.3. The van der Waals surface area contributed by atoms with Crippen molar-refractivity contribution in [3.63, 3.8) is 0 Å². The molecular formula is C25H27F4NO5Si. The summed E-state index contributed by atoms with van der Waals surface area (Å²) < 4.78 is 59.2. The minimum Gasteiger partial charge on any atom is -0.481 e. The van der Waals surface area contributed by atoms with E-state index in [0.29, 0.717) is 11.1 Å². The number of Topliss-reactive ketones (excluding diaryl/α,β-unsaturated/α-hetero) is 1. The van der Waals surface area contributed by atoms with Crippen molar-refractivity contribution in [2.45, 2.75) is 58.0 Å². The molecule has 3 rings (SSSR count). The standard InChI is InChI=1S/C25H27F4NO5Si/c1-36(2,3)24-18(26)10-14(11-19(24)27)12-20(31)23-17-5-4-16(35-25(28)29)13-15(17)8-9-30(23)21(32)6-7-22(33)34/h4-5,10-11,13,23,25H,6-9,12H2,1-3H3,(H,33,34)/t23-/m1/s1. The van der Waals surface area contributed by atoms with E-state index in [1.165, 1.54) is 23.1 Å². The molecule has 1 heterocycles. The number of amides is 1. The average molecular weight is 526 g/mol. The lowest BCUT2D eigenvalue weighted by Crippen LogP contribution is -2.44. The number of ketones is 1. The average Bonchev–Trinajstić information content (AvgIpc) is 2.74. The van der Waals surface area contributed by atoms with Crippen LogP contribution in [0.4, 0.5) is 17.6 Å². The molecule has 0 aromatic heterocycles. The first-order chi connectivity index (χ1) is 16.8. The number of hydrogen-bond acceptors (Lipinski definition) is 4. The highest BCUT2D eigenvalue weighted by Crippen LogP contribution is 2.34. The first-order valence-electron chi connectivity index (χ1n) is 11.4. The summed E-state index contributed by atoms with van der Waals surface area (Å²) >= 11 is 0. The lowest BCUT2D eigenvalue weighted by molar-refractivity contribution is -0.144. The van der Waals surface area contributed by atoms with Crippen LogP contribution in [-0.4, -0.2) is 48.9 Å². The van der Waals surface area contributed by atoms with Crippen LogP contribution in [0.5, 0.6) is 5.75 Å². The number of carbonyl (C=O) groups excluding carboxylic acids is 2. The molecule has 0 unspecified atom stereocenters. The van der Waals surface area contributed by atoms with Gasteiger partial charge in [-0.05, 0) is 47.4 Å². The van der Waals surface area contributed by atoms with Crippen LogP contribution >= 0.6 is 0 Å². The summed E-state index contributed by atoms with van der Waals surface area (Å²) in [5.74, 6) is -3.85. The van der Waals surface area contributed by atoms with E-state index in [2.05, 4.69) is 4.74 Å². The molecule has 0 saturated heterocycles. The Labute approximate surface area is 206 Å². The van der Waals surface area contributed by atoms with Gasteiger partial charge in [-0.25, -0.2) is 8.78 Å². The van der Waals surface area contributed by atoms with E-state index in [9.17, 15) is 31.9 Å². The van der Waals surface area contributed by atoms with Gasteiger partial charge in [0, 0.05) is 24.6 Å². The van der Waals surface area contributed by atoms with Crippen molar-refractivity contribution in [3.8, 4) is 5.75 Å². The zero-order valence-corrected chi connectivity index (χ0v) is 21.1. The molecule has 0 bridgehead atoms. The topological polar surface area (TPSA) is 83.9 Å². The van der Waals surface area contributed by atoms with E-state index in [1.54, 1.807) is 19.6 Å². The number of carbonyl (C=O) groups is 3. The Morgan fingerprint density at radius 1 is 1.08 bits per heavy atom. The van der Waals surface area contributed by atoms with Gasteiger partial charge in [-0.1, -0.05) is 25.7 Å². The number of alkyl halides is 2. The minimum atomic E-state index is -3.04. The van der Waals surface area contributed by atoms with E-state index in [-0.39, 0.29) is 42.3 Å². The van der Waals surface area contributed by atoms with Gasteiger partial charge in [0.05, 0.1) is 14.5 Å². The van der Waals surface area contributed by atoms with Crippen molar-refractivity contribution in [2.75, 3.05) is 6.54 Å². The Morgan fingerprint density at radius 3 is 2.28 bits per heavy atom. The maximum absolute atomic E-state index is 14.8. The third-order valence-electron chi connectivity index (χ3n) is 5.98. The monoisotopic (exact) mass is 525 g/mol. The van der Waals surface area contributed by atoms with Crippen LogP contribution in [-0.2, 0) is 27.2 Å². The van der Waals surface area contributed by atoms with Crippen LogP contribution in [0, 0.1) is 11.6 Å². The first-order valence-corrected chi connectivity index (χ1v) is 14.9. The molecule has 1 atom stereocenters. The van der Waals surface area contributed by atoms with Gasteiger partial charge in [0.15, 0.2) is 5.78 Å². The molecule has 2 aromatic carbocycles. The number of carboxylic acids is 1. The summed E-state index contributed by atoms with van der Waals surface area (Å²) in [5.41, 5.74) is 0.983. The number of nitrogens with zero attached hydrogens (tertiary/aromatic N) is 1. The number of rotatable bonds is 9. The van der Waals surface area contributed by atoms with Crippen molar-refractivity contribution < 1.29 is 41.8 Å². The smallest absolute Gasteiger partial charge is 0.387 e. The van der Waals surface area contributed by atoms with E-state index in [1.807, 2.05) is 0 Å². The maximum atomic E-state index is 14.8. The molecular weight excluding hydrogens is 498 g/mol. The quantitative estimate of drug-likeness (QED) is 0.392. The Hall–Kier alpha value is -3.21. The zero-order valence-electron chi connectivity index (χ0n) is 20.1. The number of fused-ring (bicyclic) bond motifs is 1. The van der Waals surface area contributed by atoms with Gasteiger partial charge in [-0.3, -0.25) is 14.4 Å². The Kier molecular flexibility index (Phi) is 8.22. The van der Waals surface area contributed by atoms with Crippen molar-refractivity contribution in [1.29, 1.82) is 0 Å². The highest BCUT2D eigenvalue weighted by Gasteiger charge is 2.36. The van der Waals surface area contributed by atoms with Gasteiger partial charge in [-0.15, -0.1) is 0 Å². The molecule has 0 aliphatic carbocycles. The summed E-state index contributed by atoms with van der Waals surface area (Å²) in [6.45, 7) is 2.39. The summed E-state index contributed by atoms with van der Waals surface area (Å²) in [6.07, 6.45) is -0.928. The Morgan fingerprint density at radius 2 is 1.72 bits per heavy atom. The van der Waals surface area contributed by atoms with E-state index in [4.69, 9.17) is 5.11 Å². The van der Waals surface area contributed by atoms with Crippen LogP contribution in [0.1, 0.15) is 35.6 Å². The lowest BCUT2D eigenvalue weighted by Gasteiger charge is -2.37. The summed E-state index contributed by atoms with van der Waals surface area (Å²) in [6, 6.07) is 5.09. The second-order valence-electron chi connectivity index (χ2n) is 9.70. The third kappa shape index (κ3) is 6.31. The van der Waals surface area contributed by atoms with E-state index < -0.39 is 56.4 Å². The normalized spacial score (nSPS) is 15.6. The van der Waals surface area contributed by atoms with E-state index >= 15 is 0 Å². The lowest BCUT2D eigenvalue weighted by atomic mass is 9.87. The second kappa shape index (κ2) is 10.8. The molecule has 36 heavy (non-hydrogen) atoms. The van der Waals surface area contributed by atoms with Crippen molar-refractivity contribution >= 4 is 30.9 Å². The number of aliphatic carboxylic acids is 1. The van der Waals surface area contributed by atoms with Gasteiger partial charge in [0.2, 0.25) is 5.91 Å². The van der Waals surface area contributed by atoms with E-state index in [0.717, 1.165) is 12.1 Å². The zero-order chi connectivity index (χ0) is 26.8. The molecule has 2 aromatic rings. The summed E-state index contributed by atoms with van der Waals surface area (Å²) in [4.78, 5) is 38.5. The fraction of sp³-hybridized carbons (Fsp3) is 0.400. The number of halogens is 4. The van der Waals surface area contributed by atoms with Gasteiger partial charge >= 0.3 is 12.6 Å². The molecule has 6 nitrogen and oxygen atoms in total. The van der Waals surface area contributed by atoms with Crippen molar-refractivity contribution in [1.82, 2.24) is 4.90 Å². The van der Waals surface area contributed by atoms with Crippen molar-refractivity contribution in [2.24, 2.45) is 0 Å². The van der Waals surface area contributed by atoms with Crippen molar-refractivity contribution in [3.05, 3.63) is 58.7 Å². The Balaban J connectivity index is 1.97. The van der Waals surface area contributed by atoms with Crippen LogP contribution in [0.3, 0.4) is 0 Å². The minimum absolute atomic E-state index is 0.0266. The number of hydrogen-bond donors (Lipinski definition) is 1. The van der Waals surface area contributed by atoms with Gasteiger partial charge in [0.1, 0.15) is 23.4 Å². The third-order valence-corrected chi connectivity index (χ3v) is 7.95. The largest absolute Gasteiger partial charge is 0.481 e. The molecule has 1 aliphatic rings. The van der Waals surface area contributed by atoms with Gasteiger partial charge < -0.3 is 14.7 Å². The van der Waals surface area contributed by atoms with Crippen LogP contribution in [0.25, 0.3) is 0 Å². The SMILES string of the molecule is C[Si](C)(C)c1c(F)cc(CC(=O)[C@H]2c3ccc(OC(F)F)cc3CCN2C(=O)CCC(=O)O)cc1F. The maximum Gasteiger partial charge on any atom is 0.387 e. The highest BCUT2D eigenvalue weighted by molar-refractivity contribution is 6.88. The molecule has 1 amide bonds. The first kappa shape index (κ1) is 27.4. The molecule has 194 valence electrons. The number of carboxylic acid groups (broad SMARTS) is 1.